The fourth-order valence-corrected chi connectivity index (χ4v) is 2.40. The molecule has 0 spiro atoms. The zero-order valence-electron chi connectivity index (χ0n) is 15.3. The van der Waals surface area contributed by atoms with Crippen LogP contribution in [-0.4, -0.2) is 48.9 Å². The average Bonchev–Trinajstić information content (AvgIpc) is 2.62. The van der Waals surface area contributed by atoms with Gasteiger partial charge < -0.3 is 15.4 Å². The summed E-state index contributed by atoms with van der Waals surface area (Å²) in [6, 6.07) is 9.65. The quantitative estimate of drug-likeness (QED) is 0.528. The molecule has 0 unspecified atom stereocenters. The minimum atomic E-state index is -0.788. The maximum absolute atomic E-state index is 13.1. The SMILES string of the molecule is COc1cccc(NC(=O)CN(C)CC(=O)Nc2ccc(F)cc2[N+](=O)[O-])c1. The van der Waals surface area contributed by atoms with Gasteiger partial charge in [-0.1, -0.05) is 6.07 Å². The van der Waals surface area contributed by atoms with Crippen molar-refractivity contribution >= 4 is 28.9 Å². The molecule has 2 aromatic carbocycles. The van der Waals surface area contributed by atoms with E-state index in [1.807, 2.05) is 0 Å². The van der Waals surface area contributed by atoms with Crippen LogP contribution in [0, 0.1) is 15.9 Å². The highest BCUT2D eigenvalue weighted by molar-refractivity contribution is 5.96. The zero-order valence-corrected chi connectivity index (χ0v) is 15.3. The molecule has 28 heavy (non-hydrogen) atoms. The van der Waals surface area contributed by atoms with Crippen molar-refractivity contribution in [3.8, 4) is 5.75 Å². The second kappa shape index (κ2) is 9.42. The number of nitrogens with one attached hydrogen (secondary N) is 2. The van der Waals surface area contributed by atoms with Gasteiger partial charge >= 0.3 is 0 Å². The Hall–Kier alpha value is -3.53. The summed E-state index contributed by atoms with van der Waals surface area (Å²) in [5, 5.41) is 16.0. The number of ether oxygens (including phenoxy) is 1. The van der Waals surface area contributed by atoms with Crippen molar-refractivity contribution in [2.45, 2.75) is 0 Å². The van der Waals surface area contributed by atoms with Gasteiger partial charge in [-0.2, -0.15) is 0 Å². The number of carbonyl (C=O) groups is 2. The summed E-state index contributed by atoms with van der Waals surface area (Å²) in [6.45, 7) is -0.282. The van der Waals surface area contributed by atoms with Gasteiger partial charge in [0.15, 0.2) is 0 Å². The van der Waals surface area contributed by atoms with Crippen LogP contribution in [0.15, 0.2) is 42.5 Å². The molecule has 0 aliphatic heterocycles. The molecule has 2 amide bonds. The van der Waals surface area contributed by atoms with Gasteiger partial charge in [-0.15, -0.1) is 0 Å². The van der Waals surface area contributed by atoms with Crippen molar-refractivity contribution < 1.29 is 23.6 Å². The molecule has 2 rings (SSSR count). The number of halogens is 1. The van der Waals surface area contributed by atoms with Crippen LogP contribution in [0.25, 0.3) is 0 Å². The van der Waals surface area contributed by atoms with Crippen LogP contribution in [0.2, 0.25) is 0 Å². The van der Waals surface area contributed by atoms with Crippen LogP contribution in [0.5, 0.6) is 5.75 Å². The second-order valence-electron chi connectivity index (χ2n) is 5.92. The molecule has 0 aromatic heterocycles. The van der Waals surface area contributed by atoms with E-state index in [1.165, 1.54) is 12.0 Å². The van der Waals surface area contributed by atoms with Gasteiger partial charge in [-0.25, -0.2) is 4.39 Å². The van der Waals surface area contributed by atoms with E-state index in [-0.39, 0.29) is 24.7 Å². The van der Waals surface area contributed by atoms with E-state index in [9.17, 15) is 24.1 Å². The third-order valence-corrected chi connectivity index (χ3v) is 3.61. The summed E-state index contributed by atoms with van der Waals surface area (Å²) < 4.78 is 18.2. The molecule has 0 fully saturated rings. The summed E-state index contributed by atoms with van der Waals surface area (Å²) in [7, 11) is 3.06. The van der Waals surface area contributed by atoms with E-state index in [1.54, 1.807) is 31.3 Å². The number of hydrogen-bond acceptors (Lipinski definition) is 6. The first-order valence-corrected chi connectivity index (χ1v) is 8.14. The Morgan fingerprint density at radius 1 is 1.14 bits per heavy atom. The number of likely N-dealkylation sites (N-methyl/N-ethyl adjacent to an activating group) is 1. The van der Waals surface area contributed by atoms with Crippen molar-refractivity contribution in [2.24, 2.45) is 0 Å². The summed E-state index contributed by atoms with van der Waals surface area (Å²) in [6.07, 6.45) is 0. The summed E-state index contributed by atoms with van der Waals surface area (Å²) >= 11 is 0. The molecule has 2 N–H and O–H groups in total. The van der Waals surface area contributed by atoms with E-state index >= 15 is 0 Å². The van der Waals surface area contributed by atoms with E-state index in [0.29, 0.717) is 11.4 Å². The highest BCUT2D eigenvalue weighted by atomic mass is 19.1. The van der Waals surface area contributed by atoms with Crippen LogP contribution >= 0.6 is 0 Å². The number of nitro benzene ring substituents is 1. The first-order chi connectivity index (χ1) is 13.3. The standard InChI is InChI=1S/C18H19FN4O5/c1-22(10-17(24)20-13-4-3-5-14(9-13)28-2)11-18(25)21-15-7-6-12(19)8-16(15)23(26)27/h3-9H,10-11H2,1-2H3,(H,20,24)(H,21,25). The lowest BCUT2D eigenvalue weighted by Crippen LogP contribution is -2.36. The number of hydrogen-bond donors (Lipinski definition) is 2. The molecular formula is C18H19FN4O5. The van der Waals surface area contributed by atoms with Crippen LogP contribution in [-0.2, 0) is 9.59 Å². The van der Waals surface area contributed by atoms with Gasteiger partial charge in [0, 0.05) is 11.8 Å². The molecule has 148 valence electrons. The Kier molecular flexibility index (Phi) is 6.99. The number of methoxy groups -OCH3 is 1. The third-order valence-electron chi connectivity index (χ3n) is 3.61. The van der Waals surface area contributed by atoms with Crippen molar-refractivity contribution in [3.05, 3.63) is 58.4 Å². The Morgan fingerprint density at radius 3 is 2.46 bits per heavy atom. The predicted octanol–water partition coefficient (Wildman–Crippen LogP) is 2.25. The van der Waals surface area contributed by atoms with Crippen LogP contribution in [0.4, 0.5) is 21.5 Å². The molecule has 0 radical (unpaired) electrons. The predicted molar refractivity (Wildman–Crippen MR) is 101 cm³/mol. The smallest absolute Gasteiger partial charge is 0.295 e. The van der Waals surface area contributed by atoms with Crippen LogP contribution < -0.4 is 15.4 Å². The molecule has 10 heteroatoms. The molecule has 0 bridgehead atoms. The van der Waals surface area contributed by atoms with Crippen molar-refractivity contribution in [3.63, 3.8) is 0 Å². The molecule has 0 saturated heterocycles. The summed E-state index contributed by atoms with van der Waals surface area (Å²) in [5.41, 5.74) is -0.124. The number of nitro groups is 1. The highest BCUT2D eigenvalue weighted by Crippen LogP contribution is 2.24. The van der Waals surface area contributed by atoms with Gasteiger partial charge in [0.1, 0.15) is 17.3 Å². The Balaban J connectivity index is 1.90. The molecule has 0 aliphatic carbocycles. The molecule has 0 atom stereocenters. The largest absolute Gasteiger partial charge is 0.497 e. The number of rotatable bonds is 8. The van der Waals surface area contributed by atoms with E-state index < -0.39 is 22.3 Å². The highest BCUT2D eigenvalue weighted by Gasteiger charge is 2.18. The molecule has 0 aliphatic rings. The van der Waals surface area contributed by atoms with Crippen LogP contribution in [0.3, 0.4) is 0 Å². The lowest BCUT2D eigenvalue weighted by molar-refractivity contribution is -0.384. The molecule has 2 aromatic rings. The first-order valence-electron chi connectivity index (χ1n) is 8.14. The van der Waals surface area contributed by atoms with E-state index in [0.717, 1.165) is 18.2 Å². The topological polar surface area (TPSA) is 114 Å². The Labute approximate surface area is 160 Å². The lowest BCUT2D eigenvalue weighted by atomic mass is 10.2. The Bertz CT molecular complexity index is 890. The van der Waals surface area contributed by atoms with E-state index in [2.05, 4.69) is 10.6 Å². The fourth-order valence-electron chi connectivity index (χ4n) is 2.40. The van der Waals surface area contributed by atoms with Gasteiger partial charge in [0.05, 0.1) is 31.2 Å². The molecular weight excluding hydrogens is 371 g/mol. The summed E-state index contributed by atoms with van der Waals surface area (Å²) in [5.74, 6) is -1.12. The molecule has 0 heterocycles. The lowest BCUT2D eigenvalue weighted by Gasteiger charge is -2.16. The average molecular weight is 390 g/mol. The van der Waals surface area contributed by atoms with Crippen molar-refractivity contribution in [1.29, 1.82) is 0 Å². The zero-order chi connectivity index (χ0) is 20.7. The maximum atomic E-state index is 13.1. The van der Waals surface area contributed by atoms with Gasteiger partial charge in [-0.3, -0.25) is 24.6 Å². The number of carbonyl (C=O) groups excluding carboxylic acids is 2. The van der Waals surface area contributed by atoms with Crippen molar-refractivity contribution in [1.82, 2.24) is 4.90 Å². The third kappa shape index (κ3) is 6.02. The van der Waals surface area contributed by atoms with Crippen LogP contribution in [0.1, 0.15) is 0 Å². The molecule has 0 saturated carbocycles. The maximum Gasteiger partial charge on any atom is 0.295 e. The minimum absolute atomic E-state index is 0.0872. The summed E-state index contributed by atoms with van der Waals surface area (Å²) in [4.78, 5) is 35.8. The monoisotopic (exact) mass is 390 g/mol. The first kappa shape index (κ1) is 20.8. The Morgan fingerprint density at radius 2 is 1.82 bits per heavy atom. The van der Waals surface area contributed by atoms with Crippen molar-refractivity contribution in [2.75, 3.05) is 37.9 Å². The number of nitrogens with zero attached hydrogens (tertiary/aromatic N) is 2. The number of anilines is 2. The van der Waals surface area contributed by atoms with Gasteiger partial charge in [0.2, 0.25) is 11.8 Å². The van der Waals surface area contributed by atoms with Gasteiger partial charge in [0.25, 0.3) is 5.69 Å². The normalized spacial score (nSPS) is 10.4. The molecule has 9 nitrogen and oxygen atoms in total. The van der Waals surface area contributed by atoms with E-state index in [4.69, 9.17) is 4.74 Å². The second-order valence-corrected chi connectivity index (χ2v) is 5.92. The number of amides is 2. The fraction of sp³-hybridized carbons (Fsp3) is 0.222. The van der Waals surface area contributed by atoms with Gasteiger partial charge in [-0.05, 0) is 31.3 Å². The minimum Gasteiger partial charge on any atom is -0.497 e. The number of benzene rings is 2.